The second-order valence-corrected chi connectivity index (χ2v) is 4.00. The van der Waals surface area contributed by atoms with E-state index in [1.807, 2.05) is 6.08 Å². The molecule has 0 unspecified atom stereocenters. The van der Waals surface area contributed by atoms with Crippen LogP contribution in [0, 0.1) is 5.92 Å². The summed E-state index contributed by atoms with van der Waals surface area (Å²) in [4.78, 5) is 4.52. The van der Waals surface area contributed by atoms with Gasteiger partial charge in [0.2, 0.25) is 0 Å². The Hall–Kier alpha value is -0.590. The highest BCUT2D eigenvalue weighted by molar-refractivity contribution is 5.81. The Balaban J connectivity index is 3.41. The van der Waals surface area contributed by atoms with E-state index in [1.54, 1.807) is 0 Å². The maximum absolute atomic E-state index is 4.52. The van der Waals surface area contributed by atoms with Gasteiger partial charge in [-0.15, -0.1) is 6.58 Å². The fourth-order valence-corrected chi connectivity index (χ4v) is 1.33. The van der Waals surface area contributed by atoms with Crippen molar-refractivity contribution >= 4 is 5.71 Å². The van der Waals surface area contributed by atoms with Gasteiger partial charge in [0.05, 0.1) is 0 Å². The van der Waals surface area contributed by atoms with Crippen molar-refractivity contribution in [3.05, 3.63) is 12.7 Å². The highest BCUT2D eigenvalue weighted by Crippen LogP contribution is 2.02. The molecular weight excluding hydrogens is 158 g/mol. The predicted molar refractivity (Wildman–Crippen MR) is 61.5 cm³/mol. The lowest BCUT2D eigenvalue weighted by atomic mass is 10.1. The largest absolute Gasteiger partial charge is 0.294 e. The van der Waals surface area contributed by atoms with Gasteiger partial charge in [0, 0.05) is 12.3 Å². The van der Waals surface area contributed by atoms with E-state index in [2.05, 4.69) is 32.3 Å². The quantitative estimate of drug-likeness (QED) is 0.321. The molecule has 0 saturated carbocycles. The van der Waals surface area contributed by atoms with Gasteiger partial charge >= 0.3 is 0 Å². The number of allylic oxidation sites excluding steroid dienone is 1. The Bertz CT molecular complexity index is 157. The van der Waals surface area contributed by atoms with Gasteiger partial charge in [-0.2, -0.15) is 0 Å². The van der Waals surface area contributed by atoms with Crippen molar-refractivity contribution in [2.24, 2.45) is 10.9 Å². The van der Waals surface area contributed by atoms with Gasteiger partial charge < -0.3 is 0 Å². The van der Waals surface area contributed by atoms with E-state index in [1.165, 1.54) is 18.6 Å². The Morgan fingerprint density at radius 3 is 2.62 bits per heavy atom. The minimum atomic E-state index is 0.733. The van der Waals surface area contributed by atoms with Gasteiger partial charge in [-0.25, -0.2) is 0 Å². The van der Waals surface area contributed by atoms with Gasteiger partial charge in [0.25, 0.3) is 0 Å². The number of hydrogen-bond donors (Lipinski definition) is 0. The first kappa shape index (κ1) is 12.4. The third-order valence-electron chi connectivity index (χ3n) is 1.90. The van der Waals surface area contributed by atoms with Crippen molar-refractivity contribution < 1.29 is 0 Å². The van der Waals surface area contributed by atoms with Gasteiger partial charge in [0.15, 0.2) is 0 Å². The fraction of sp³-hybridized carbons (Fsp3) is 0.750. The van der Waals surface area contributed by atoms with Crippen molar-refractivity contribution in [1.82, 2.24) is 0 Å². The molecule has 0 spiro atoms. The van der Waals surface area contributed by atoms with E-state index < -0.39 is 0 Å². The molecule has 0 bridgehead atoms. The number of unbranched alkanes of at least 4 members (excludes halogenated alkanes) is 2. The lowest BCUT2D eigenvalue weighted by molar-refractivity contribution is 0.677. The van der Waals surface area contributed by atoms with E-state index in [9.17, 15) is 0 Å². The van der Waals surface area contributed by atoms with Crippen LogP contribution in [-0.4, -0.2) is 12.3 Å². The van der Waals surface area contributed by atoms with E-state index in [-0.39, 0.29) is 0 Å². The van der Waals surface area contributed by atoms with Crippen LogP contribution in [0.1, 0.15) is 46.5 Å². The van der Waals surface area contributed by atoms with Crippen LogP contribution in [0.15, 0.2) is 17.6 Å². The molecule has 76 valence electrons. The molecule has 0 heterocycles. The van der Waals surface area contributed by atoms with Crippen LogP contribution in [0.3, 0.4) is 0 Å². The number of aliphatic imine (C=N–C) groups is 1. The molecule has 0 aromatic carbocycles. The Kier molecular flexibility index (Phi) is 7.66. The summed E-state index contributed by atoms with van der Waals surface area (Å²) in [7, 11) is 0. The molecule has 1 nitrogen and oxygen atoms in total. The minimum Gasteiger partial charge on any atom is -0.294 e. The van der Waals surface area contributed by atoms with Crippen molar-refractivity contribution in [2.45, 2.75) is 46.5 Å². The van der Waals surface area contributed by atoms with Crippen LogP contribution in [0.25, 0.3) is 0 Å². The van der Waals surface area contributed by atoms with Gasteiger partial charge in [-0.3, -0.25) is 4.99 Å². The summed E-state index contributed by atoms with van der Waals surface area (Å²) in [5.41, 5.74) is 1.30. The Labute approximate surface area is 83.0 Å². The lowest BCUT2D eigenvalue weighted by Crippen LogP contribution is -1.99. The SMILES string of the molecule is C=CCCCCN=C(C)CC(C)C. The van der Waals surface area contributed by atoms with Crippen LogP contribution < -0.4 is 0 Å². The van der Waals surface area contributed by atoms with Gasteiger partial charge in [-0.1, -0.05) is 19.9 Å². The molecule has 0 amide bonds. The third kappa shape index (κ3) is 9.32. The summed E-state index contributed by atoms with van der Waals surface area (Å²) < 4.78 is 0. The van der Waals surface area contributed by atoms with Crippen molar-refractivity contribution in [3.8, 4) is 0 Å². The fourth-order valence-electron chi connectivity index (χ4n) is 1.33. The zero-order chi connectivity index (χ0) is 10.1. The molecule has 0 N–H and O–H groups in total. The zero-order valence-corrected chi connectivity index (χ0v) is 9.34. The summed E-state index contributed by atoms with van der Waals surface area (Å²) in [6.07, 6.45) is 6.66. The monoisotopic (exact) mass is 181 g/mol. The second-order valence-electron chi connectivity index (χ2n) is 4.00. The summed E-state index contributed by atoms with van der Waals surface area (Å²) >= 11 is 0. The normalized spacial score (nSPS) is 12.2. The first-order valence-corrected chi connectivity index (χ1v) is 5.27. The molecule has 0 aromatic rings. The standard InChI is InChI=1S/C12H23N/c1-5-6-7-8-9-13-12(4)10-11(2)3/h5,11H,1,6-10H2,2-4H3. The molecular formula is C12H23N. The molecule has 0 aliphatic heterocycles. The summed E-state index contributed by atoms with van der Waals surface area (Å²) in [6.45, 7) is 11.3. The third-order valence-corrected chi connectivity index (χ3v) is 1.90. The Morgan fingerprint density at radius 1 is 1.38 bits per heavy atom. The molecule has 0 aliphatic rings. The molecule has 0 radical (unpaired) electrons. The van der Waals surface area contributed by atoms with E-state index in [0.29, 0.717) is 0 Å². The Morgan fingerprint density at radius 2 is 2.08 bits per heavy atom. The summed E-state index contributed by atoms with van der Waals surface area (Å²) in [5, 5.41) is 0. The molecule has 1 heteroatoms. The average molecular weight is 181 g/mol. The molecule has 0 rings (SSSR count). The molecule has 0 aliphatic carbocycles. The first-order valence-electron chi connectivity index (χ1n) is 5.27. The highest BCUT2D eigenvalue weighted by Gasteiger charge is 1.95. The van der Waals surface area contributed by atoms with Crippen LogP contribution in [-0.2, 0) is 0 Å². The van der Waals surface area contributed by atoms with E-state index >= 15 is 0 Å². The lowest BCUT2D eigenvalue weighted by Gasteiger charge is -2.03. The average Bonchev–Trinajstić information content (AvgIpc) is 2.02. The maximum atomic E-state index is 4.52. The highest BCUT2D eigenvalue weighted by atomic mass is 14.7. The smallest absolute Gasteiger partial charge is 0.0388 e. The maximum Gasteiger partial charge on any atom is 0.0388 e. The minimum absolute atomic E-state index is 0.733. The molecule has 0 fully saturated rings. The summed E-state index contributed by atoms with van der Waals surface area (Å²) in [5.74, 6) is 0.733. The van der Waals surface area contributed by atoms with Gasteiger partial charge in [-0.05, 0) is 38.5 Å². The zero-order valence-electron chi connectivity index (χ0n) is 9.34. The topological polar surface area (TPSA) is 12.4 Å². The predicted octanol–water partition coefficient (Wildman–Crippen LogP) is 3.85. The summed E-state index contributed by atoms with van der Waals surface area (Å²) in [6, 6.07) is 0. The van der Waals surface area contributed by atoms with Crippen molar-refractivity contribution in [3.63, 3.8) is 0 Å². The van der Waals surface area contributed by atoms with Crippen molar-refractivity contribution in [1.29, 1.82) is 0 Å². The molecule has 13 heavy (non-hydrogen) atoms. The van der Waals surface area contributed by atoms with Crippen LogP contribution in [0.4, 0.5) is 0 Å². The molecule has 0 aromatic heterocycles. The van der Waals surface area contributed by atoms with E-state index in [4.69, 9.17) is 0 Å². The van der Waals surface area contributed by atoms with Crippen molar-refractivity contribution in [2.75, 3.05) is 6.54 Å². The number of rotatable bonds is 7. The van der Waals surface area contributed by atoms with E-state index in [0.717, 1.165) is 25.3 Å². The van der Waals surface area contributed by atoms with Gasteiger partial charge in [0.1, 0.15) is 0 Å². The number of hydrogen-bond acceptors (Lipinski definition) is 1. The van der Waals surface area contributed by atoms with Crippen LogP contribution >= 0.6 is 0 Å². The first-order chi connectivity index (χ1) is 6.16. The molecule has 0 atom stereocenters. The number of nitrogens with zero attached hydrogens (tertiary/aromatic N) is 1. The van der Waals surface area contributed by atoms with Crippen LogP contribution in [0.2, 0.25) is 0 Å². The molecule has 0 saturated heterocycles. The second kappa shape index (κ2) is 8.03. The van der Waals surface area contributed by atoms with Crippen LogP contribution in [0.5, 0.6) is 0 Å².